The zero-order valence-electron chi connectivity index (χ0n) is 17.5. The average molecular weight is 412 g/mol. The number of amides is 2. The molecule has 7 nitrogen and oxygen atoms in total. The van der Waals surface area contributed by atoms with Crippen LogP contribution in [0.25, 0.3) is 0 Å². The lowest BCUT2D eigenvalue weighted by Gasteiger charge is -2.27. The van der Waals surface area contributed by atoms with Gasteiger partial charge in [0.1, 0.15) is 5.75 Å². The Balaban J connectivity index is 1.56. The van der Waals surface area contributed by atoms with Gasteiger partial charge in [0.15, 0.2) is 0 Å². The summed E-state index contributed by atoms with van der Waals surface area (Å²) >= 11 is 0. The summed E-state index contributed by atoms with van der Waals surface area (Å²) in [5.74, 6) is 0.823. The highest BCUT2D eigenvalue weighted by molar-refractivity contribution is 5.96. The van der Waals surface area contributed by atoms with Crippen molar-refractivity contribution in [3.63, 3.8) is 0 Å². The van der Waals surface area contributed by atoms with E-state index in [0.717, 1.165) is 0 Å². The molecule has 160 valence electrons. The van der Waals surface area contributed by atoms with Gasteiger partial charge in [-0.3, -0.25) is 9.59 Å². The van der Waals surface area contributed by atoms with Crippen molar-refractivity contribution in [2.45, 2.75) is 13.8 Å². The van der Waals surface area contributed by atoms with Crippen LogP contribution in [0, 0.1) is 5.92 Å². The minimum atomic E-state index is -0.194. The number of anilines is 2. The number of morpholine rings is 1. The highest BCUT2D eigenvalue weighted by Crippen LogP contribution is 2.24. The van der Waals surface area contributed by atoms with Gasteiger partial charge in [0, 0.05) is 24.3 Å². The van der Waals surface area contributed by atoms with E-state index in [2.05, 4.69) is 24.5 Å². The third kappa shape index (κ3) is 6.22. The fourth-order valence-corrected chi connectivity index (χ4v) is 3.04. The summed E-state index contributed by atoms with van der Waals surface area (Å²) in [7, 11) is 0. The first-order valence-corrected chi connectivity index (χ1v) is 10.3. The molecule has 1 aliphatic heterocycles. The largest absolute Gasteiger partial charge is 0.491 e. The number of para-hydroxylation sites is 2. The quantitative estimate of drug-likeness (QED) is 0.697. The Bertz CT molecular complexity index is 863. The smallest absolute Gasteiger partial charge is 0.254 e. The predicted octanol–water partition coefficient (Wildman–Crippen LogP) is 3.24. The Morgan fingerprint density at radius 3 is 2.63 bits per heavy atom. The molecule has 2 aromatic rings. The summed E-state index contributed by atoms with van der Waals surface area (Å²) < 4.78 is 11.1. The zero-order chi connectivity index (χ0) is 21.3. The number of nitrogens with zero attached hydrogens (tertiary/aromatic N) is 1. The number of hydrogen-bond acceptors (Lipinski definition) is 5. The highest BCUT2D eigenvalue weighted by Gasteiger charge is 2.18. The highest BCUT2D eigenvalue weighted by atomic mass is 16.5. The summed E-state index contributed by atoms with van der Waals surface area (Å²) in [6.07, 6.45) is 0. The van der Waals surface area contributed by atoms with Crippen molar-refractivity contribution in [3.8, 4) is 5.75 Å². The number of benzene rings is 2. The Kier molecular flexibility index (Phi) is 7.68. The van der Waals surface area contributed by atoms with E-state index in [9.17, 15) is 9.59 Å². The van der Waals surface area contributed by atoms with Crippen LogP contribution in [-0.4, -0.2) is 56.2 Å². The second kappa shape index (κ2) is 10.6. The third-order valence-electron chi connectivity index (χ3n) is 4.59. The molecule has 0 atom stereocenters. The van der Waals surface area contributed by atoms with Crippen LogP contribution in [0.5, 0.6) is 5.75 Å². The molecule has 0 unspecified atom stereocenters. The van der Waals surface area contributed by atoms with Crippen molar-refractivity contribution in [1.82, 2.24) is 4.90 Å². The maximum atomic E-state index is 12.6. The summed E-state index contributed by atoms with van der Waals surface area (Å²) in [6.45, 7) is 7.11. The normalized spacial score (nSPS) is 13.8. The molecule has 0 bridgehead atoms. The fourth-order valence-electron chi connectivity index (χ4n) is 3.04. The van der Waals surface area contributed by atoms with Crippen LogP contribution in [-0.2, 0) is 9.53 Å². The van der Waals surface area contributed by atoms with Gasteiger partial charge in [-0.2, -0.15) is 0 Å². The van der Waals surface area contributed by atoms with Crippen LogP contribution < -0.4 is 15.4 Å². The number of hydrogen-bond donors (Lipinski definition) is 2. The lowest BCUT2D eigenvalue weighted by Crippen LogP contribution is -2.40. The van der Waals surface area contributed by atoms with E-state index >= 15 is 0 Å². The molecule has 2 N–H and O–H groups in total. The molecule has 0 spiro atoms. The molecule has 1 aliphatic rings. The van der Waals surface area contributed by atoms with Gasteiger partial charge in [-0.25, -0.2) is 0 Å². The first-order chi connectivity index (χ1) is 14.5. The van der Waals surface area contributed by atoms with E-state index in [4.69, 9.17) is 9.47 Å². The number of ether oxygens (including phenoxy) is 2. The minimum Gasteiger partial charge on any atom is -0.491 e. The lowest BCUT2D eigenvalue weighted by molar-refractivity contribution is -0.114. The minimum absolute atomic E-state index is 0.0253. The van der Waals surface area contributed by atoms with Gasteiger partial charge < -0.3 is 25.0 Å². The maximum Gasteiger partial charge on any atom is 0.254 e. The molecule has 2 amide bonds. The monoisotopic (exact) mass is 411 g/mol. The van der Waals surface area contributed by atoms with Crippen LogP contribution in [0.15, 0.2) is 48.5 Å². The average Bonchev–Trinajstić information content (AvgIpc) is 2.77. The summed E-state index contributed by atoms with van der Waals surface area (Å²) in [6, 6.07) is 14.6. The number of carbonyl (C=O) groups is 2. The van der Waals surface area contributed by atoms with Crippen LogP contribution >= 0.6 is 0 Å². The van der Waals surface area contributed by atoms with Crippen molar-refractivity contribution in [1.29, 1.82) is 0 Å². The summed E-state index contributed by atoms with van der Waals surface area (Å²) in [5, 5.41) is 5.96. The van der Waals surface area contributed by atoms with E-state index < -0.39 is 0 Å². The third-order valence-corrected chi connectivity index (χ3v) is 4.59. The van der Waals surface area contributed by atoms with E-state index in [1.165, 1.54) is 0 Å². The molecule has 1 fully saturated rings. The van der Waals surface area contributed by atoms with E-state index in [1.807, 2.05) is 36.4 Å². The van der Waals surface area contributed by atoms with Crippen LogP contribution in [0.3, 0.4) is 0 Å². The van der Waals surface area contributed by atoms with Crippen molar-refractivity contribution in [2.75, 3.05) is 50.1 Å². The lowest BCUT2D eigenvalue weighted by atomic mass is 10.1. The Hall–Kier alpha value is -3.06. The van der Waals surface area contributed by atoms with Gasteiger partial charge in [-0.05, 0) is 36.2 Å². The van der Waals surface area contributed by atoms with E-state index in [1.54, 1.807) is 17.0 Å². The molecular weight excluding hydrogens is 382 g/mol. The molecule has 1 heterocycles. The molecule has 30 heavy (non-hydrogen) atoms. The molecule has 2 aromatic carbocycles. The first kappa shape index (κ1) is 21.6. The molecule has 0 radical (unpaired) electrons. The molecular formula is C23H29N3O4. The van der Waals surface area contributed by atoms with Crippen molar-refractivity contribution < 1.29 is 19.1 Å². The number of carbonyl (C=O) groups excluding carboxylic acids is 2. The van der Waals surface area contributed by atoms with Crippen LogP contribution in [0.4, 0.5) is 11.4 Å². The Morgan fingerprint density at radius 2 is 1.87 bits per heavy atom. The summed E-state index contributed by atoms with van der Waals surface area (Å²) in [5.41, 5.74) is 1.95. The van der Waals surface area contributed by atoms with Gasteiger partial charge in [0.2, 0.25) is 5.91 Å². The maximum absolute atomic E-state index is 12.6. The topological polar surface area (TPSA) is 79.9 Å². The molecule has 7 heteroatoms. The van der Waals surface area contributed by atoms with Gasteiger partial charge in [0.25, 0.3) is 5.91 Å². The number of rotatable bonds is 8. The van der Waals surface area contributed by atoms with Crippen molar-refractivity contribution >= 4 is 23.2 Å². The summed E-state index contributed by atoms with van der Waals surface area (Å²) in [4.78, 5) is 26.8. The second-order valence-corrected chi connectivity index (χ2v) is 7.59. The van der Waals surface area contributed by atoms with Gasteiger partial charge in [-0.15, -0.1) is 0 Å². The van der Waals surface area contributed by atoms with Crippen LogP contribution in [0.1, 0.15) is 24.2 Å². The van der Waals surface area contributed by atoms with Gasteiger partial charge >= 0.3 is 0 Å². The zero-order valence-corrected chi connectivity index (χ0v) is 17.5. The predicted molar refractivity (Wildman–Crippen MR) is 117 cm³/mol. The van der Waals surface area contributed by atoms with Crippen molar-refractivity contribution in [3.05, 3.63) is 54.1 Å². The second-order valence-electron chi connectivity index (χ2n) is 7.59. The fraction of sp³-hybridized carbons (Fsp3) is 0.391. The Labute approximate surface area is 177 Å². The standard InChI is InChI=1S/C23H29N3O4/c1-17(2)16-30-21-9-4-3-8-20(21)25-22(27)15-24-19-7-5-6-18(14-19)23(28)26-10-12-29-13-11-26/h3-9,14,17,24H,10-13,15-16H2,1-2H3,(H,25,27). The van der Waals surface area contributed by atoms with E-state index in [-0.39, 0.29) is 18.4 Å². The number of nitrogens with one attached hydrogen (secondary N) is 2. The van der Waals surface area contributed by atoms with Gasteiger partial charge in [-0.1, -0.05) is 32.0 Å². The first-order valence-electron chi connectivity index (χ1n) is 10.3. The molecule has 0 aliphatic carbocycles. The van der Waals surface area contributed by atoms with E-state index in [0.29, 0.717) is 61.5 Å². The molecule has 3 rings (SSSR count). The van der Waals surface area contributed by atoms with Crippen molar-refractivity contribution in [2.24, 2.45) is 5.92 Å². The SMILES string of the molecule is CC(C)COc1ccccc1NC(=O)CNc1cccc(C(=O)N2CCOCC2)c1. The van der Waals surface area contributed by atoms with Crippen LogP contribution in [0.2, 0.25) is 0 Å². The Morgan fingerprint density at radius 1 is 1.10 bits per heavy atom. The molecule has 0 aromatic heterocycles. The molecule has 0 saturated carbocycles. The molecule has 1 saturated heterocycles. The van der Waals surface area contributed by atoms with Gasteiger partial charge in [0.05, 0.1) is 32.1 Å².